The van der Waals surface area contributed by atoms with Crippen LogP contribution in [0.1, 0.15) is 50.8 Å². The number of aromatic nitrogens is 1. The summed E-state index contributed by atoms with van der Waals surface area (Å²) in [5, 5.41) is 4.88. The molecule has 18 heavy (non-hydrogen) atoms. The van der Waals surface area contributed by atoms with Crippen molar-refractivity contribution in [2.24, 2.45) is 5.92 Å². The van der Waals surface area contributed by atoms with Gasteiger partial charge in [-0.25, -0.2) is 0 Å². The van der Waals surface area contributed by atoms with Crippen LogP contribution in [0.5, 0.6) is 0 Å². The Labute approximate surface area is 119 Å². The Morgan fingerprint density at radius 3 is 2.72 bits per heavy atom. The molecule has 1 atom stereocenters. The number of rotatable bonds is 5. The van der Waals surface area contributed by atoms with Crippen LogP contribution in [0.15, 0.2) is 12.3 Å². The Bertz CT molecular complexity index is 389. The molecule has 1 aliphatic rings. The lowest BCUT2D eigenvalue weighted by Crippen LogP contribution is -2.29. The predicted molar refractivity (Wildman–Crippen MR) is 77.2 cm³/mol. The molecule has 0 saturated heterocycles. The lowest BCUT2D eigenvalue weighted by molar-refractivity contribution is 0.361. The number of pyridine rings is 1. The molecule has 1 unspecified atom stereocenters. The van der Waals surface area contributed by atoms with Crippen molar-refractivity contribution in [2.75, 3.05) is 6.54 Å². The lowest BCUT2D eigenvalue weighted by Gasteiger charge is -2.25. The largest absolute Gasteiger partial charge is 0.308 e. The van der Waals surface area contributed by atoms with E-state index in [0.29, 0.717) is 16.0 Å². The SMILES string of the molecule is CCCNC(c1ncc(Cl)cc1Cl)C1CCCC1. The Morgan fingerprint density at radius 1 is 1.39 bits per heavy atom. The molecule has 1 aromatic heterocycles. The van der Waals surface area contributed by atoms with Gasteiger partial charge in [-0.15, -0.1) is 0 Å². The molecule has 2 rings (SSSR count). The summed E-state index contributed by atoms with van der Waals surface area (Å²) in [6, 6.07) is 2.07. The van der Waals surface area contributed by atoms with E-state index in [4.69, 9.17) is 23.2 Å². The third-order valence-electron chi connectivity index (χ3n) is 3.62. The van der Waals surface area contributed by atoms with Gasteiger partial charge in [0, 0.05) is 6.20 Å². The first-order valence-electron chi connectivity index (χ1n) is 6.76. The van der Waals surface area contributed by atoms with E-state index >= 15 is 0 Å². The van der Waals surface area contributed by atoms with Crippen LogP contribution < -0.4 is 5.32 Å². The highest BCUT2D eigenvalue weighted by Gasteiger charge is 2.28. The maximum Gasteiger partial charge on any atom is 0.0762 e. The average Bonchev–Trinajstić information content (AvgIpc) is 2.85. The van der Waals surface area contributed by atoms with Gasteiger partial charge in [0.05, 0.1) is 21.8 Å². The van der Waals surface area contributed by atoms with Crippen molar-refractivity contribution in [1.82, 2.24) is 10.3 Å². The van der Waals surface area contributed by atoms with E-state index in [1.165, 1.54) is 25.7 Å². The van der Waals surface area contributed by atoms with Gasteiger partial charge in [0.2, 0.25) is 0 Å². The Balaban J connectivity index is 2.20. The van der Waals surface area contributed by atoms with Gasteiger partial charge in [-0.05, 0) is 37.8 Å². The second kappa shape index (κ2) is 6.74. The van der Waals surface area contributed by atoms with E-state index in [-0.39, 0.29) is 6.04 Å². The molecule has 1 aromatic rings. The molecule has 1 N–H and O–H groups in total. The molecule has 1 heterocycles. The summed E-state index contributed by atoms with van der Waals surface area (Å²) >= 11 is 12.2. The van der Waals surface area contributed by atoms with Gasteiger partial charge >= 0.3 is 0 Å². The highest BCUT2D eigenvalue weighted by Crippen LogP contribution is 2.37. The van der Waals surface area contributed by atoms with Crippen molar-refractivity contribution in [3.8, 4) is 0 Å². The quantitative estimate of drug-likeness (QED) is 0.854. The maximum atomic E-state index is 6.29. The third-order valence-corrected chi connectivity index (χ3v) is 4.13. The first-order chi connectivity index (χ1) is 8.72. The summed E-state index contributed by atoms with van der Waals surface area (Å²) in [5.74, 6) is 0.655. The molecule has 0 bridgehead atoms. The van der Waals surface area contributed by atoms with Crippen molar-refractivity contribution < 1.29 is 0 Å². The standard InChI is InChI=1S/C14H20Cl2N2/c1-2-7-17-13(10-5-3-4-6-10)14-12(16)8-11(15)9-18-14/h8-10,13,17H,2-7H2,1H3. The number of halogens is 2. The van der Waals surface area contributed by atoms with Gasteiger partial charge in [-0.1, -0.05) is 43.0 Å². The summed E-state index contributed by atoms with van der Waals surface area (Å²) in [4.78, 5) is 4.45. The number of hydrogen-bond acceptors (Lipinski definition) is 2. The Morgan fingerprint density at radius 2 is 2.11 bits per heavy atom. The fourth-order valence-electron chi connectivity index (χ4n) is 2.73. The molecule has 2 nitrogen and oxygen atoms in total. The molecular formula is C14H20Cl2N2. The topological polar surface area (TPSA) is 24.9 Å². The molecule has 0 aliphatic heterocycles. The van der Waals surface area contributed by atoms with Gasteiger partial charge in [-0.3, -0.25) is 4.98 Å². The van der Waals surface area contributed by atoms with Crippen LogP contribution in [0, 0.1) is 5.92 Å². The molecule has 0 amide bonds. The molecule has 4 heteroatoms. The van der Waals surface area contributed by atoms with Gasteiger partial charge in [0.25, 0.3) is 0 Å². The minimum atomic E-state index is 0.275. The summed E-state index contributed by atoms with van der Waals surface area (Å²) < 4.78 is 0. The monoisotopic (exact) mass is 286 g/mol. The van der Waals surface area contributed by atoms with Crippen LogP contribution in [0.4, 0.5) is 0 Å². The van der Waals surface area contributed by atoms with E-state index in [2.05, 4.69) is 17.2 Å². The van der Waals surface area contributed by atoms with E-state index < -0.39 is 0 Å². The summed E-state index contributed by atoms with van der Waals surface area (Å²) in [5.41, 5.74) is 0.960. The molecule has 1 fully saturated rings. The summed E-state index contributed by atoms with van der Waals surface area (Å²) in [6.07, 6.45) is 7.98. The number of nitrogens with one attached hydrogen (secondary N) is 1. The van der Waals surface area contributed by atoms with Crippen LogP contribution in [-0.4, -0.2) is 11.5 Å². The van der Waals surface area contributed by atoms with Crippen molar-refractivity contribution in [3.63, 3.8) is 0 Å². The van der Waals surface area contributed by atoms with Crippen molar-refractivity contribution >= 4 is 23.2 Å². The predicted octanol–water partition coefficient (Wildman–Crippen LogP) is 4.62. The van der Waals surface area contributed by atoms with Gasteiger partial charge < -0.3 is 5.32 Å². The second-order valence-corrected chi connectivity index (χ2v) is 5.84. The average molecular weight is 287 g/mol. The van der Waals surface area contributed by atoms with Crippen molar-refractivity contribution in [3.05, 3.63) is 28.0 Å². The van der Waals surface area contributed by atoms with Gasteiger partial charge in [0.15, 0.2) is 0 Å². The molecular weight excluding hydrogens is 267 g/mol. The molecule has 1 saturated carbocycles. The van der Waals surface area contributed by atoms with E-state index in [0.717, 1.165) is 18.7 Å². The molecule has 1 aliphatic carbocycles. The molecule has 0 spiro atoms. The highest BCUT2D eigenvalue weighted by molar-refractivity contribution is 6.34. The zero-order valence-electron chi connectivity index (χ0n) is 10.8. The van der Waals surface area contributed by atoms with Crippen LogP contribution >= 0.6 is 23.2 Å². The fourth-order valence-corrected chi connectivity index (χ4v) is 3.23. The smallest absolute Gasteiger partial charge is 0.0762 e. The van der Waals surface area contributed by atoms with Crippen LogP contribution in [0.2, 0.25) is 10.0 Å². The van der Waals surface area contributed by atoms with Crippen molar-refractivity contribution in [2.45, 2.75) is 45.1 Å². The molecule has 0 aromatic carbocycles. The zero-order valence-corrected chi connectivity index (χ0v) is 12.3. The van der Waals surface area contributed by atoms with Crippen molar-refractivity contribution in [1.29, 1.82) is 0 Å². The minimum Gasteiger partial charge on any atom is -0.308 e. The van der Waals surface area contributed by atoms with Crippen LogP contribution in [0.3, 0.4) is 0 Å². The lowest BCUT2D eigenvalue weighted by atomic mass is 9.94. The normalized spacial score (nSPS) is 18.2. The maximum absolute atomic E-state index is 6.29. The summed E-state index contributed by atoms with van der Waals surface area (Å²) in [6.45, 7) is 3.18. The number of hydrogen-bond donors (Lipinski definition) is 1. The highest BCUT2D eigenvalue weighted by atomic mass is 35.5. The first kappa shape index (κ1) is 14.1. The number of nitrogens with zero attached hydrogens (tertiary/aromatic N) is 1. The first-order valence-corrected chi connectivity index (χ1v) is 7.52. The molecule has 0 radical (unpaired) electrons. The van der Waals surface area contributed by atoms with Gasteiger partial charge in [0.1, 0.15) is 0 Å². The zero-order chi connectivity index (χ0) is 13.0. The second-order valence-electron chi connectivity index (χ2n) is 5.00. The Kier molecular flexibility index (Phi) is 5.28. The molecule has 100 valence electrons. The van der Waals surface area contributed by atoms with E-state index in [1.807, 2.05) is 0 Å². The van der Waals surface area contributed by atoms with Crippen LogP contribution in [0.25, 0.3) is 0 Å². The van der Waals surface area contributed by atoms with Gasteiger partial charge in [-0.2, -0.15) is 0 Å². The summed E-state index contributed by atoms with van der Waals surface area (Å²) in [7, 11) is 0. The van der Waals surface area contributed by atoms with Crippen LogP contribution in [-0.2, 0) is 0 Å². The fraction of sp³-hybridized carbons (Fsp3) is 0.643. The third kappa shape index (κ3) is 3.37. The van der Waals surface area contributed by atoms with E-state index in [9.17, 15) is 0 Å². The minimum absolute atomic E-state index is 0.275. The van der Waals surface area contributed by atoms with E-state index in [1.54, 1.807) is 12.3 Å². The Hall–Kier alpha value is -0.310.